The first-order chi connectivity index (χ1) is 25.6. The van der Waals surface area contributed by atoms with E-state index in [-0.39, 0.29) is 36.2 Å². The molecule has 0 aromatic heterocycles. The first-order valence-corrected chi connectivity index (χ1v) is 21.5. The highest BCUT2D eigenvalue weighted by atomic mass is 16.6. The van der Waals surface area contributed by atoms with E-state index in [9.17, 15) is 19.5 Å². The lowest BCUT2D eigenvalue weighted by Crippen LogP contribution is -2.50. The SMILES string of the molecule is CCCCCCCC/C=C/CCCCCC(=O)OC(COCCC(C(=O)O)[N+](C)(C)C)COC(=O)CCCCC/C=C/C=C/CCCCCCCCC. The fraction of sp³-hybridized carbons (Fsp3) is 0.800. The van der Waals surface area contributed by atoms with Crippen LogP contribution in [0.15, 0.2) is 36.5 Å². The third kappa shape index (κ3) is 35.0. The summed E-state index contributed by atoms with van der Waals surface area (Å²) in [7, 11) is 5.51. The molecule has 2 unspecified atom stereocenters. The standard InChI is InChI=1S/C45H81NO7/c1-6-8-10-12-14-16-18-20-21-22-24-25-27-29-31-33-35-43(47)52-40-41(39-51-38-37-42(45(49)50)46(3,4)5)53-44(48)36-34-32-30-28-26-23-19-17-15-13-11-9-7-2/h21-26,41-42H,6-20,27-40H2,1-5H3/p+1/b22-21+,25-24+,26-23+. The number of aliphatic carboxylic acids is 1. The smallest absolute Gasteiger partial charge is 0.362 e. The molecule has 2 atom stereocenters. The van der Waals surface area contributed by atoms with Gasteiger partial charge >= 0.3 is 17.9 Å². The van der Waals surface area contributed by atoms with Gasteiger partial charge in [-0.2, -0.15) is 0 Å². The predicted molar refractivity (Wildman–Crippen MR) is 220 cm³/mol. The van der Waals surface area contributed by atoms with Crippen LogP contribution in [0.25, 0.3) is 0 Å². The number of carboxylic acids is 1. The summed E-state index contributed by atoms with van der Waals surface area (Å²) in [6.45, 7) is 4.67. The Labute approximate surface area is 325 Å². The van der Waals surface area contributed by atoms with Gasteiger partial charge < -0.3 is 23.8 Å². The van der Waals surface area contributed by atoms with Crippen molar-refractivity contribution >= 4 is 17.9 Å². The zero-order valence-electron chi connectivity index (χ0n) is 35.0. The molecule has 53 heavy (non-hydrogen) atoms. The maximum absolute atomic E-state index is 12.7. The number of likely N-dealkylation sites (N-methyl/N-ethyl adjacent to an activating group) is 1. The van der Waals surface area contributed by atoms with Crippen molar-refractivity contribution in [2.75, 3.05) is 41.0 Å². The molecule has 8 nitrogen and oxygen atoms in total. The van der Waals surface area contributed by atoms with Gasteiger partial charge in [0.2, 0.25) is 0 Å². The minimum Gasteiger partial charge on any atom is -0.477 e. The van der Waals surface area contributed by atoms with E-state index in [4.69, 9.17) is 14.2 Å². The molecule has 0 rings (SSSR count). The van der Waals surface area contributed by atoms with E-state index in [1.165, 1.54) is 83.5 Å². The van der Waals surface area contributed by atoms with Crippen molar-refractivity contribution in [1.82, 2.24) is 0 Å². The van der Waals surface area contributed by atoms with Gasteiger partial charge in [0, 0.05) is 19.3 Å². The molecule has 0 fully saturated rings. The summed E-state index contributed by atoms with van der Waals surface area (Å²) < 4.78 is 17.2. The zero-order valence-corrected chi connectivity index (χ0v) is 35.0. The number of nitrogens with zero attached hydrogens (tertiary/aromatic N) is 1. The van der Waals surface area contributed by atoms with E-state index in [0.717, 1.165) is 64.2 Å². The molecule has 0 aromatic rings. The number of rotatable bonds is 38. The molecule has 8 heteroatoms. The third-order valence-electron chi connectivity index (χ3n) is 9.54. The normalized spacial score (nSPS) is 13.3. The van der Waals surface area contributed by atoms with Crippen molar-refractivity contribution in [3.8, 4) is 0 Å². The van der Waals surface area contributed by atoms with Crippen LogP contribution in [0, 0.1) is 0 Å². The van der Waals surface area contributed by atoms with Crippen LogP contribution in [0.1, 0.15) is 181 Å². The number of esters is 2. The fourth-order valence-electron chi connectivity index (χ4n) is 6.13. The monoisotopic (exact) mass is 749 g/mol. The minimum atomic E-state index is -0.881. The molecule has 0 aliphatic carbocycles. The Hall–Kier alpha value is -2.45. The maximum Gasteiger partial charge on any atom is 0.362 e. The molecule has 0 aliphatic heterocycles. The molecule has 0 aromatic carbocycles. The van der Waals surface area contributed by atoms with Gasteiger partial charge in [0.05, 0.1) is 34.4 Å². The topological polar surface area (TPSA) is 99.1 Å². The second-order valence-electron chi connectivity index (χ2n) is 15.6. The van der Waals surface area contributed by atoms with Crippen LogP contribution in [0.3, 0.4) is 0 Å². The molecule has 0 saturated heterocycles. The van der Waals surface area contributed by atoms with E-state index in [2.05, 4.69) is 50.3 Å². The van der Waals surface area contributed by atoms with E-state index >= 15 is 0 Å². The van der Waals surface area contributed by atoms with Crippen molar-refractivity contribution in [1.29, 1.82) is 0 Å². The Morgan fingerprint density at radius 3 is 1.47 bits per heavy atom. The number of carbonyl (C=O) groups is 3. The van der Waals surface area contributed by atoms with Gasteiger partial charge in [0.15, 0.2) is 12.1 Å². The van der Waals surface area contributed by atoms with Gasteiger partial charge in [-0.3, -0.25) is 9.59 Å². The van der Waals surface area contributed by atoms with Crippen LogP contribution in [0.2, 0.25) is 0 Å². The lowest BCUT2D eigenvalue weighted by Gasteiger charge is -2.31. The lowest BCUT2D eigenvalue weighted by atomic mass is 10.1. The van der Waals surface area contributed by atoms with Crippen molar-refractivity contribution in [3.63, 3.8) is 0 Å². The summed E-state index contributed by atoms with van der Waals surface area (Å²) in [5.41, 5.74) is 0. The van der Waals surface area contributed by atoms with E-state index in [1.807, 2.05) is 21.1 Å². The van der Waals surface area contributed by atoms with Crippen LogP contribution >= 0.6 is 0 Å². The number of hydrogen-bond donors (Lipinski definition) is 1. The summed E-state index contributed by atoms with van der Waals surface area (Å²) in [5, 5.41) is 9.60. The summed E-state index contributed by atoms with van der Waals surface area (Å²) in [4.78, 5) is 36.9. The van der Waals surface area contributed by atoms with E-state index in [0.29, 0.717) is 19.3 Å². The van der Waals surface area contributed by atoms with Gasteiger partial charge in [0.25, 0.3) is 0 Å². The molecule has 0 radical (unpaired) electrons. The first-order valence-electron chi connectivity index (χ1n) is 21.5. The van der Waals surface area contributed by atoms with Crippen molar-refractivity contribution in [2.45, 2.75) is 193 Å². The van der Waals surface area contributed by atoms with Gasteiger partial charge in [-0.1, -0.05) is 134 Å². The molecule has 0 amide bonds. The average molecular weight is 749 g/mol. The largest absolute Gasteiger partial charge is 0.477 e. The second kappa shape index (κ2) is 36.5. The van der Waals surface area contributed by atoms with Crippen LogP contribution < -0.4 is 0 Å². The first kappa shape index (κ1) is 50.5. The molecular weight excluding hydrogens is 666 g/mol. The van der Waals surface area contributed by atoms with Gasteiger partial charge in [0.1, 0.15) is 6.61 Å². The van der Waals surface area contributed by atoms with Crippen molar-refractivity contribution < 1.29 is 38.2 Å². The molecule has 1 N–H and O–H groups in total. The number of carboxylic acid groups (broad SMARTS) is 1. The molecule has 308 valence electrons. The number of carbonyl (C=O) groups excluding carboxylic acids is 2. The molecule has 0 saturated carbocycles. The molecule has 0 bridgehead atoms. The van der Waals surface area contributed by atoms with Crippen LogP contribution in [0.4, 0.5) is 0 Å². The highest BCUT2D eigenvalue weighted by molar-refractivity contribution is 5.72. The molecule has 0 spiro atoms. The van der Waals surface area contributed by atoms with Gasteiger partial charge in [-0.15, -0.1) is 0 Å². The molecular formula is C45H82NO7+. The van der Waals surface area contributed by atoms with E-state index in [1.54, 1.807) is 0 Å². The number of allylic oxidation sites excluding steroid dienone is 6. The average Bonchev–Trinajstić information content (AvgIpc) is 3.11. The number of hydrogen-bond acceptors (Lipinski definition) is 6. The second-order valence-corrected chi connectivity index (χ2v) is 15.6. The molecule has 0 heterocycles. The van der Waals surface area contributed by atoms with Gasteiger partial charge in [-0.25, -0.2) is 4.79 Å². The predicted octanol–water partition coefficient (Wildman–Crippen LogP) is 11.5. The number of quaternary nitrogens is 1. The Morgan fingerprint density at radius 1 is 0.566 bits per heavy atom. The van der Waals surface area contributed by atoms with Gasteiger partial charge in [-0.05, 0) is 64.2 Å². The van der Waals surface area contributed by atoms with Crippen LogP contribution in [-0.2, 0) is 28.6 Å². The quantitative estimate of drug-likeness (QED) is 0.0221. The highest BCUT2D eigenvalue weighted by Gasteiger charge is 2.31. The summed E-state index contributed by atoms with van der Waals surface area (Å²) in [6, 6.07) is -0.620. The third-order valence-corrected chi connectivity index (χ3v) is 9.54. The number of unbranched alkanes of at least 4 members (excludes halogenated alkanes) is 19. The Kier molecular flexibility index (Phi) is 34.8. The van der Waals surface area contributed by atoms with Crippen LogP contribution in [-0.4, -0.2) is 80.6 Å². The molecule has 0 aliphatic rings. The highest BCUT2D eigenvalue weighted by Crippen LogP contribution is 2.13. The zero-order chi connectivity index (χ0) is 39.3. The summed E-state index contributed by atoms with van der Waals surface area (Å²) in [6.07, 6.45) is 40.4. The Balaban J connectivity index is 4.43. The van der Waals surface area contributed by atoms with Crippen molar-refractivity contribution in [2.24, 2.45) is 0 Å². The van der Waals surface area contributed by atoms with Crippen molar-refractivity contribution in [3.05, 3.63) is 36.5 Å². The van der Waals surface area contributed by atoms with E-state index < -0.39 is 18.1 Å². The fourth-order valence-corrected chi connectivity index (χ4v) is 6.13. The minimum absolute atomic E-state index is 0.0473. The Bertz CT molecular complexity index is 968. The summed E-state index contributed by atoms with van der Waals surface area (Å²) >= 11 is 0. The summed E-state index contributed by atoms with van der Waals surface area (Å²) in [5.74, 6) is -1.52. The number of ether oxygens (including phenoxy) is 3. The Morgan fingerprint density at radius 2 is 1.00 bits per heavy atom. The lowest BCUT2D eigenvalue weighted by molar-refractivity contribution is -0.887. The van der Waals surface area contributed by atoms with Crippen LogP contribution in [0.5, 0.6) is 0 Å². The maximum atomic E-state index is 12.7.